The van der Waals surface area contributed by atoms with Crippen LogP contribution in [0.5, 0.6) is 0 Å². The molecular formula is C22H19ClN2O. The fourth-order valence-corrected chi connectivity index (χ4v) is 3.75. The Labute approximate surface area is 158 Å². The molecule has 4 heteroatoms. The van der Waals surface area contributed by atoms with Gasteiger partial charge in [0, 0.05) is 35.1 Å². The predicted molar refractivity (Wildman–Crippen MR) is 104 cm³/mol. The van der Waals surface area contributed by atoms with Crippen LogP contribution in [0.4, 0.5) is 0 Å². The minimum absolute atomic E-state index is 0.00610. The summed E-state index contributed by atoms with van der Waals surface area (Å²) in [6, 6.07) is 15.9. The van der Waals surface area contributed by atoms with Crippen LogP contribution in [-0.4, -0.2) is 15.8 Å². The van der Waals surface area contributed by atoms with Crippen LogP contribution in [0.15, 0.2) is 60.9 Å². The van der Waals surface area contributed by atoms with Crippen LogP contribution in [-0.2, 0) is 6.54 Å². The molecule has 0 aliphatic carbocycles. The number of amides is 1. The average Bonchev–Trinajstić information content (AvgIpc) is 2.99. The van der Waals surface area contributed by atoms with Gasteiger partial charge in [-0.2, -0.15) is 0 Å². The zero-order chi connectivity index (χ0) is 18.3. The lowest BCUT2D eigenvalue weighted by Gasteiger charge is -2.24. The van der Waals surface area contributed by atoms with Crippen LogP contribution in [0.2, 0.25) is 5.02 Å². The Morgan fingerprint density at radius 1 is 1.12 bits per heavy atom. The second kappa shape index (κ2) is 6.58. The van der Waals surface area contributed by atoms with E-state index in [9.17, 15) is 4.79 Å². The van der Waals surface area contributed by atoms with E-state index in [1.54, 1.807) is 6.20 Å². The highest BCUT2D eigenvalue weighted by atomic mass is 35.5. The van der Waals surface area contributed by atoms with Gasteiger partial charge in [0.1, 0.15) is 0 Å². The summed E-state index contributed by atoms with van der Waals surface area (Å²) in [5.41, 5.74) is 6.17. The Hall–Kier alpha value is -2.65. The van der Waals surface area contributed by atoms with Crippen molar-refractivity contribution in [2.45, 2.75) is 26.4 Å². The first-order valence-corrected chi connectivity index (χ1v) is 9.03. The largest absolute Gasteiger partial charge is 0.328 e. The lowest BCUT2D eigenvalue weighted by Crippen LogP contribution is -2.27. The Bertz CT molecular complexity index is 967. The zero-order valence-electron chi connectivity index (χ0n) is 14.7. The summed E-state index contributed by atoms with van der Waals surface area (Å²) in [6.07, 6.45) is 3.62. The molecule has 1 aromatic heterocycles. The molecule has 0 N–H and O–H groups in total. The molecule has 1 atom stereocenters. The summed E-state index contributed by atoms with van der Waals surface area (Å²) in [4.78, 5) is 19.2. The van der Waals surface area contributed by atoms with E-state index in [4.69, 9.17) is 11.6 Å². The molecule has 26 heavy (non-hydrogen) atoms. The number of benzene rings is 2. The molecule has 0 radical (unpaired) electrons. The Morgan fingerprint density at radius 3 is 2.58 bits per heavy atom. The maximum atomic E-state index is 13.0. The molecule has 0 unspecified atom stereocenters. The molecule has 0 spiro atoms. The fourth-order valence-electron chi connectivity index (χ4n) is 3.62. The van der Waals surface area contributed by atoms with Crippen molar-refractivity contribution in [2.24, 2.45) is 0 Å². The van der Waals surface area contributed by atoms with Gasteiger partial charge >= 0.3 is 0 Å². The van der Waals surface area contributed by atoms with E-state index in [1.807, 2.05) is 54.4 Å². The molecule has 0 saturated heterocycles. The molecular weight excluding hydrogens is 344 g/mol. The summed E-state index contributed by atoms with van der Waals surface area (Å²) in [6.45, 7) is 4.68. The first-order valence-electron chi connectivity index (χ1n) is 8.65. The minimum atomic E-state index is -0.00610. The van der Waals surface area contributed by atoms with E-state index in [0.717, 1.165) is 33.4 Å². The highest BCUT2D eigenvalue weighted by Crippen LogP contribution is 2.35. The van der Waals surface area contributed by atoms with Gasteiger partial charge in [0.2, 0.25) is 0 Å². The summed E-state index contributed by atoms with van der Waals surface area (Å²) in [5.74, 6) is 0.0951. The smallest absolute Gasteiger partial charge is 0.255 e. The van der Waals surface area contributed by atoms with Crippen LogP contribution >= 0.6 is 11.6 Å². The first kappa shape index (κ1) is 16.8. The van der Waals surface area contributed by atoms with Crippen molar-refractivity contribution < 1.29 is 4.79 Å². The van der Waals surface area contributed by atoms with Crippen molar-refractivity contribution >= 4 is 17.5 Å². The number of fused-ring (bicyclic) bond motifs is 1. The monoisotopic (exact) mass is 362 g/mol. The fraction of sp³-hybridized carbons (Fsp3) is 0.182. The lowest BCUT2D eigenvalue weighted by molar-refractivity contribution is 0.0715. The van der Waals surface area contributed by atoms with E-state index < -0.39 is 0 Å². The van der Waals surface area contributed by atoms with Crippen molar-refractivity contribution in [1.82, 2.24) is 9.88 Å². The second-order valence-electron chi connectivity index (χ2n) is 6.73. The summed E-state index contributed by atoms with van der Waals surface area (Å²) in [5, 5.41) is 0.703. The normalized spacial score (nSPS) is 14.4. The molecule has 0 saturated carbocycles. The number of aromatic nitrogens is 1. The van der Waals surface area contributed by atoms with Crippen molar-refractivity contribution in [2.75, 3.05) is 0 Å². The van der Waals surface area contributed by atoms with Crippen LogP contribution < -0.4 is 0 Å². The standard InChI is InChI=1S/C22H19ClN2O/c1-14-10-18(17-4-3-9-24-12-17)11-19-13-25(22(26)21(14)19)15(2)16-5-7-20(23)8-6-16/h3-12,15H,13H2,1-2H3/t15-/m0/s1. The molecule has 0 bridgehead atoms. The molecule has 130 valence electrons. The quantitative estimate of drug-likeness (QED) is 0.622. The number of aryl methyl sites for hydroxylation is 1. The number of halogens is 1. The van der Waals surface area contributed by atoms with Gasteiger partial charge in [0.25, 0.3) is 5.91 Å². The molecule has 3 aromatic rings. The van der Waals surface area contributed by atoms with E-state index in [0.29, 0.717) is 11.6 Å². The van der Waals surface area contributed by atoms with Gasteiger partial charge in [0.05, 0.1) is 6.04 Å². The van der Waals surface area contributed by atoms with Crippen molar-refractivity contribution in [3.63, 3.8) is 0 Å². The highest BCUT2D eigenvalue weighted by molar-refractivity contribution is 6.30. The van der Waals surface area contributed by atoms with Crippen LogP contribution in [0.25, 0.3) is 11.1 Å². The van der Waals surface area contributed by atoms with Gasteiger partial charge in [0.15, 0.2) is 0 Å². The summed E-state index contributed by atoms with van der Waals surface area (Å²) >= 11 is 5.99. The van der Waals surface area contributed by atoms with E-state index in [-0.39, 0.29) is 11.9 Å². The molecule has 2 heterocycles. The van der Waals surface area contributed by atoms with Gasteiger partial charge in [-0.25, -0.2) is 0 Å². The van der Waals surface area contributed by atoms with Gasteiger partial charge in [-0.3, -0.25) is 9.78 Å². The van der Waals surface area contributed by atoms with Gasteiger partial charge in [-0.15, -0.1) is 0 Å². The third-order valence-electron chi connectivity index (χ3n) is 5.05. The summed E-state index contributed by atoms with van der Waals surface area (Å²) in [7, 11) is 0. The number of hydrogen-bond acceptors (Lipinski definition) is 2. The Kier molecular flexibility index (Phi) is 4.25. The van der Waals surface area contributed by atoms with E-state index in [1.165, 1.54) is 0 Å². The first-order chi connectivity index (χ1) is 12.5. The molecule has 2 aromatic carbocycles. The third kappa shape index (κ3) is 2.89. The molecule has 1 amide bonds. The predicted octanol–water partition coefficient (Wildman–Crippen LogP) is 5.43. The number of carbonyl (C=O) groups is 1. The molecule has 1 aliphatic heterocycles. The molecule has 4 rings (SSSR count). The van der Waals surface area contributed by atoms with Gasteiger partial charge in [-0.1, -0.05) is 35.9 Å². The van der Waals surface area contributed by atoms with Crippen molar-refractivity contribution in [3.8, 4) is 11.1 Å². The number of rotatable bonds is 3. The molecule has 1 aliphatic rings. The minimum Gasteiger partial charge on any atom is -0.328 e. The zero-order valence-corrected chi connectivity index (χ0v) is 15.5. The van der Waals surface area contributed by atoms with Gasteiger partial charge < -0.3 is 4.90 Å². The lowest BCUT2D eigenvalue weighted by atomic mass is 9.97. The highest BCUT2D eigenvalue weighted by Gasteiger charge is 2.33. The van der Waals surface area contributed by atoms with Crippen molar-refractivity contribution in [3.05, 3.63) is 88.2 Å². The van der Waals surface area contributed by atoms with Crippen LogP contribution in [0.3, 0.4) is 0 Å². The second-order valence-corrected chi connectivity index (χ2v) is 7.17. The topological polar surface area (TPSA) is 33.2 Å². The maximum absolute atomic E-state index is 13.0. The SMILES string of the molecule is Cc1cc(-c2cccnc2)cc2c1C(=O)N([C@@H](C)c1ccc(Cl)cc1)C2. The van der Waals surface area contributed by atoms with Gasteiger partial charge in [-0.05, 0) is 60.4 Å². The third-order valence-corrected chi connectivity index (χ3v) is 5.30. The molecule has 3 nitrogen and oxygen atoms in total. The van der Waals surface area contributed by atoms with E-state index in [2.05, 4.69) is 24.0 Å². The van der Waals surface area contributed by atoms with E-state index >= 15 is 0 Å². The number of carbonyl (C=O) groups excluding carboxylic acids is 1. The Morgan fingerprint density at radius 2 is 1.88 bits per heavy atom. The van der Waals surface area contributed by atoms with Crippen LogP contribution in [0.1, 0.15) is 40.0 Å². The number of pyridine rings is 1. The summed E-state index contributed by atoms with van der Waals surface area (Å²) < 4.78 is 0. The Balaban J connectivity index is 1.69. The number of hydrogen-bond donors (Lipinski definition) is 0. The number of nitrogens with zero attached hydrogens (tertiary/aromatic N) is 2. The average molecular weight is 363 g/mol. The van der Waals surface area contributed by atoms with Crippen LogP contribution in [0, 0.1) is 6.92 Å². The maximum Gasteiger partial charge on any atom is 0.255 e. The molecule has 0 fully saturated rings. The van der Waals surface area contributed by atoms with Crippen molar-refractivity contribution in [1.29, 1.82) is 0 Å².